The molecule has 10 heteroatoms. The number of aromatic nitrogens is 2. The van der Waals surface area contributed by atoms with E-state index in [9.17, 15) is 10.1 Å². The predicted molar refractivity (Wildman–Crippen MR) is 122 cm³/mol. The number of thiocarbonyl (C=S) groups is 1. The minimum Gasteiger partial charge on any atom is -0.495 e. The van der Waals surface area contributed by atoms with Gasteiger partial charge in [0, 0.05) is 35.8 Å². The van der Waals surface area contributed by atoms with Crippen LogP contribution in [-0.4, -0.2) is 27.1 Å². The molecule has 0 aliphatic carbocycles. The number of hydrogen-bond acceptors (Lipinski definition) is 7. The molecule has 0 unspecified atom stereocenters. The molecule has 0 radical (unpaired) electrons. The summed E-state index contributed by atoms with van der Waals surface area (Å²) in [6.07, 6.45) is 3.51. The largest absolute Gasteiger partial charge is 0.495 e. The predicted octanol–water partition coefficient (Wildman–Crippen LogP) is 5.08. The maximum atomic E-state index is 11.0. The van der Waals surface area contributed by atoms with Gasteiger partial charge in [0.2, 0.25) is 0 Å². The lowest BCUT2D eigenvalue weighted by molar-refractivity contribution is -0.384. The van der Waals surface area contributed by atoms with E-state index < -0.39 is 4.92 Å². The first-order chi connectivity index (χ1) is 14.5. The summed E-state index contributed by atoms with van der Waals surface area (Å²) in [6.45, 7) is 0. The number of benzene rings is 2. The zero-order chi connectivity index (χ0) is 21.1. The highest BCUT2D eigenvalue weighted by Crippen LogP contribution is 2.31. The summed E-state index contributed by atoms with van der Waals surface area (Å²) in [6, 6.07) is 13.8. The van der Waals surface area contributed by atoms with Gasteiger partial charge in [0.1, 0.15) is 10.8 Å². The Kier molecular flexibility index (Phi) is 5.50. The average Bonchev–Trinajstić information content (AvgIpc) is 3.18. The topological polar surface area (TPSA) is 102 Å². The molecule has 0 spiro atoms. The van der Waals surface area contributed by atoms with Gasteiger partial charge in [0.15, 0.2) is 5.11 Å². The van der Waals surface area contributed by atoms with Crippen LogP contribution in [0.2, 0.25) is 0 Å². The van der Waals surface area contributed by atoms with Gasteiger partial charge < -0.3 is 15.4 Å². The second-order valence-electron chi connectivity index (χ2n) is 6.16. The lowest BCUT2D eigenvalue weighted by Crippen LogP contribution is -2.19. The molecular formula is C20H15N5O3S2. The van der Waals surface area contributed by atoms with Crippen molar-refractivity contribution in [3.63, 3.8) is 0 Å². The van der Waals surface area contributed by atoms with Crippen LogP contribution in [0.4, 0.5) is 17.1 Å². The molecule has 0 fully saturated rings. The minimum absolute atomic E-state index is 0.0616. The fraction of sp³-hybridized carbons (Fsp3) is 0.0500. The third-order valence-corrected chi connectivity index (χ3v) is 5.46. The molecule has 0 saturated carbocycles. The Morgan fingerprint density at radius 2 is 2.07 bits per heavy atom. The monoisotopic (exact) mass is 437 g/mol. The van der Waals surface area contributed by atoms with Crippen molar-refractivity contribution < 1.29 is 9.66 Å². The Morgan fingerprint density at radius 3 is 2.83 bits per heavy atom. The number of hydrogen-bond donors (Lipinski definition) is 2. The first-order valence-corrected chi connectivity index (χ1v) is 9.97. The number of nitrogens with one attached hydrogen (secondary N) is 2. The smallest absolute Gasteiger partial charge is 0.271 e. The summed E-state index contributed by atoms with van der Waals surface area (Å²) in [5, 5.41) is 18.2. The number of methoxy groups -OCH3 is 1. The molecule has 4 aromatic rings. The van der Waals surface area contributed by atoms with E-state index in [4.69, 9.17) is 17.0 Å². The van der Waals surface area contributed by atoms with Crippen LogP contribution >= 0.6 is 23.6 Å². The number of ether oxygens (including phenoxy) is 1. The van der Waals surface area contributed by atoms with E-state index in [1.165, 1.54) is 25.3 Å². The van der Waals surface area contributed by atoms with Gasteiger partial charge in [-0.25, -0.2) is 4.98 Å². The van der Waals surface area contributed by atoms with E-state index in [0.717, 1.165) is 26.5 Å². The van der Waals surface area contributed by atoms with Crippen LogP contribution in [0.15, 0.2) is 60.9 Å². The summed E-state index contributed by atoms with van der Waals surface area (Å²) >= 11 is 6.94. The second kappa shape index (κ2) is 8.39. The van der Waals surface area contributed by atoms with E-state index >= 15 is 0 Å². The normalized spacial score (nSPS) is 10.6. The van der Waals surface area contributed by atoms with Crippen molar-refractivity contribution in [1.82, 2.24) is 9.97 Å². The Bertz CT molecular complexity index is 1230. The molecule has 2 heterocycles. The zero-order valence-electron chi connectivity index (χ0n) is 15.7. The summed E-state index contributed by atoms with van der Waals surface area (Å²) in [5.74, 6) is 0.446. The Morgan fingerprint density at radius 1 is 1.20 bits per heavy atom. The standard InChI is InChI=1S/C20H15N5O3S2/c1-28-17-6-5-14(25(26)27)10-16(17)24-20(29)22-13-4-2-3-12(9-13)19-23-15-7-8-21-11-18(15)30-19/h2-11H,1H3,(H2,22,24,29). The zero-order valence-corrected chi connectivity index (χ0v) is 17.3. The maximum Gasteiger partial charge on any atom is 0.271 e. The van der Waals surface area contributed by atoms with Gasteiger partial charge in [-0.2, -0.15) is 0 Å². The number of nitro benzene ring substituents is 1. The van der Waals surface area contributed by atoms with Gasteiger partial charge in [-0.15, -0.1) is 11.3 Å². The molecule has 30 heavy (non-hydrogen) atoms. The van der Waals surface area contributed by atoms with Crippen LogP contribution in [0, 0.1) is 10.1 Å². The fourth-order valence-electron chi connectivity index (χ4n) is 2.83. The van der Waals surface area contributed by atoms with Crippen LogP contribution < -0.4 is 15.4 Å². The SMILES string of the molecule is COc1ccc([N+](=O)[O-])cc1NC(=S)Nc1cccc(-c2nc3ccncc3s2)c1. The summed E-state index contributed by atoms with van der Waals surface area (Å²) in [7, 11) is 1.49. The van der Waals surface area contributed by atoms with E-state index in [2.05, 4.69) is 20.6 Å². The average molecular weight is 438 g/mol. The first kappa shape index (κ1) is 19.7. The quantitative estimate of drug-likeness (QED) is 0.253. The molecule has 2 aromatic carbocycles. The van der Waals surface area contributed by atoms with Crippen LogP contribution in [0.3, 0.4) is 0 Å². The molecule has 150 valence electrons. The lowest BCUT2D eigenvalue weighted by Gasteiger charge is -2.13. The van der Waals surface area contributed by atoms with Crippen LogP contribution in [0.1, 0.15) is 0 Å². The van der Waals surface area contributed by atoms with Gasteiger partial charge in [0.25, 0.3) is 5.69 Å². The first-order valence-electron chi connectivity index (χ1n) is 8.75. The van der Waals surface area contributed by atoms with Gasteiger partial charge in [0.05, 0.1) is 27.9 Å². The maximum absolute atomic E-state index is 11.0. The number of anilines is 2. The molecule has 0 atom stereocenters. The molecule has 4 rings (SSSR count). The number of nitrogens with zero attached hydrogens (tertiary/aromatic N) is 3. The van der Waals surface area contributed by atoms with E-state index in [1.54, 1.807) is 23.7 Å². The Balaban J connectivity index is 1.54. The van der Waals surface area contributed by atoms with Gasteiger partial charge in [-0.05, 0) is 36.5 Å². The second-order valence-corrected chi connectivity index (χ2v) is 7.60. The van der Waals surface area contributed by atoms with Gasteiger partial charge in [-0.1, -0.05) is 12.1 Å². The van der Waals surface area contributed by atoms with Gasteiger partial charge in [-0.3, -0.25) is 15.1 Å². The number of pyridine rings is 1. The molecule has 0 aliphatic rings. The third-order valence-electron chi connectivity index (χ3n) is 4.20. The van der Waals surface area contributed by atoms with Crippen molar-refractivity contribution in [2.24, 2.45) is 0 Å². The van der Waals surface area contributed by atoms with Crippen LogP contribution in [0.5, 0.6) is 5.75 Å². The molecule has 0 aliphatic heterocycles. The molecule has 0 bridgehead atoms. The number of rotatable bonds is 5. The van der Waals surface area contributed by atoms with Crippen LogP contribution in [0.25, 0.3) is 20.8 Å². The highest BCUT2D eigenvalue weighted by Gasteiger charge is 2.13. The molecule has 8 nitrogen and oxygen atoms in total. The van der Waals surface area contributed by atoms with E-state index in [-0.39, 0.29) is 10.8 Å². The van der Waals surface area contributed by atoms with Crippen molar-refractivity contribution >= 4 is 55.9 Å². The molecule has 2 aromatic heterocycles. The van der Waals surface area contributed by atoms with E-state index in [1.807, 2.05) is 30.3 Å². The highest BCUT2D eigenvalue weighted by molar-refractivity contribution is 7.80. The summed E-state index contributed by atoms with van der Waals surface area (Å²) < 4.78 is 6.27. The lowest BCUT2D eigenvalue weighted by atomic mass is 10.2. The third kappa shape index (κ3) is 4.19. The van der Waals surface area contributed by atoms with Crippen molar-refractivity contribution in [3.05, 3.63) is 71.0 Å². The van der Waals surface area contributed by atoms with Gasteiger partial charge >= 0.3 is 0 Å². The number of fused-ring (bicyclic) bond motifs is 1. The van der Waals surface area contributed by atoms with Crippen molar-refractivity contribution in [2.75, 3.05) is 17.7 Å². The van der Waals surface area contributed by atoms with Crippen molar-refractivity contribution in [3.8, 4) is 16.3 Å². The molecular weight excluding hydrogens is 422 g/mol. The Labute approximate surface area is 180 Å². The number of thiazole rings is 1. The Hall–Kier alpha value is -3.63. The number of nitro groups is 1. The number of non-ortho nitro benzene ring substituents is 1. The summed E-state index contributed by atoms with van der Waals surface area (Å²) in [5.41, 5.74) is 2.94. The fourth-order valence-corrected chi connectivity index (χ4v) is 3.98. The molecule has 0 amide bonds. The van der Waals surface area contributed by atoms with Crippen molar-refractivity contribution in [2.45, 2.75) is 0 Å². The summed E-state index contributed by atoms with van der Waals surface area (Å²) in [4.78, 5) is 19.3. The highest BCUT2D eigenvalue weighted by atomic mass is 32.1. The minimum atomic E-state index is -0.474. The molecule has 0 saturated heterocycles. The molecule has 2 N–H and O–H groups in total. The van der Waals surface area contributed by atoms with Crippen molar-refractivity contribution in [1.29, 1.82) is 0 Å². The van der Waals surface area contributed by atoms with Crippen LogP contribution in [-0.2, 0) is 0 Å². The van der Waals surface area contributed by atoms with E-state index in [0.29, 0.717) is 11.4 Å².